The van der Waals surface area contributed by atoms with E-state index in [2.05, 4.69) is 0 Å². The first-order valence-corrected chi connectivity index (χ1v) is 6.01. The molecule has 0 N–H and O–H groups in total. The largest absolute Gasteiger partial charge is 0.466 e. The van der Waals surface area contributed by atoms with Gasteiger partial charge in [-0.3, -0.25) is 4.79 Å². The number of carbonyl (C=O) groups is 1. The summed E-state index contributed by atoms with van der Waals surface area (Å²) in [6.07, 6.45) is 0.113. The van der Waals surface area contributed by atoms with Crippen LogP contribution in [-0.4, -0.2) is 24.6 Å². The van der Waals surface area contributed by atoms with Gasteiger partial charge in [0, 0.05) is 17.8 Å². The molecule has 1 aromatic carbocycles. The number of nitrogens with zero attached hydrogens (tertiary/aromatic N) is 1. The molecule has 0 atom stereocenters. The molecule has 17 heavy (non-hydrogen) atoms. The van der Waals surface area contributed by atoms with Crippen LogP contribution in [0.2, 0.25) is 5.02 Å². The Bertz CT molecular complexity index is 405. The molecular formula is C12H14ClNO2S. The van der Waals surface area contributed by atoms with E-state index in [4.69, 9.17) is 28.6 Å². The van der Waals surface area contributed by atoms with Gasteiger partial charge in [-0.2, -0.15) is 0 Å². The maximum absolute atomic E-state index is 11.3. The lowest BCUT2D eigenvalue weighted by Crippen LogP contribution is -2.27. The molecule has 0 aromatic heterocycles. The minimum absolute atomic E-state index is 0.113. The van der Waals surface area contributed by atoms with Gasteiger partial charge in [-0.25, -0.2) is 0 Å². The van der Waals surface area contributed by atoms with E-state index in [1.807, 2.05) is 19.2 Å². The number of thiocarbonyl (C=S) groups is 1. The van der Waals surface area contributed by atoms with Crippen LogP contribution in [-0.2, 0) is 9.53 Å². The van der Waals surface area contributed by atoms with Gasteiger partial charge in [0.05, 0.1) is 18.0 Å². The van der Waals surface area contributed by atoms with Crippen molar-refractivity contribution in [3.05, 3.63) is 29.3 Å². The highest BCUT2D eigenvalue weighted by Gasteiger charge is 2.12. The van der Waals surface area contributed by atoms with Gasteiger partial charge in [0.25, 0.3) is 0 Å². The van der Waals surface area contributed by atoms with Gasteiger partial charge >= 0.3 is 5.97 Å². The average Bonchev–Trinajstić information content (AvgIpc) is 2.29. The summed E-state index contributed by atoms with van der Waals surface area (Å²) >= 11 is 11.0. The van der Waals surface area contributed by atoms with Crippen LogP contribution in [0.1, 0.15) is 13.3 Å². The zero-order valence-corrected chi connectivity index (χ0v) is 11.3. The second-order valence-electron chi connectivity index (χ2n) is 3.41. The molecule has 1 aromatic rings. The molecule has 0 amide bonds. The molecule has 0 saturated heterocycles. The Hall–Kier alpha value is -1.13. The molecule has 0 saturated carbocycles. The van der Waals surface area contributed by atoms with Crippen molar-refractivity contribution in [2.75, 3.05) is 18.6 Å². The molecular weight excluding hydrogens is 258 g/mol. The topological polar surface area (TPSA) is 29.5 Å². The number of carbonyl (C=O) groups excluding carboxylic acids is 1. The summed E-state index contributed by atoms with van der Waals surface area (Å²) in [4.78, 5) is 13.6. The Morgan fingerprint density at radius 1 is 1.41 bits per heavy atom. The van der Waals surface area contributed by atoms with Crippen molar-refractivity contribution >= 4 is 40.5 Å². The highest BCUT2D eigenvalue weighted by atomic mass is 35.5. The fraction of sp³-hybridized carbons (Fsp3) is 0.333. The van der Waals surface area contributed by atoms with E-state index in [1.165, 1.54) is 0 Å². The van der Waals surface area contributed by atoms with Crippen LogP contribution in [0.3, 0.4) is 0 Å². The first kappa shape index (κ1) is 13.9. The number of anilines is 1. The van der Waals surface area contributed by atoms with Crippen LogP contribution in [0.15, 0.2) is 24.3 Å². The number of halogens is 1. The number of hydrogen-bond acceptors (Lipinski definition) is 3. The van der Waals surface area contributed by atoms with Gasteiger partial charge in [-0.05, 0) is 31.2 Å². The normalized spacial score (nSPS) is 9.82. The van der Waals surface area contributed by atoms with Crippen molar-refractivity contribution in [3.8, 4) is 0 Å². The zero-order chi connectivity index (χ0) is 12.8. The molecule has 0 fully saturated rings. The lowest BCUT2D eigenvalue weighted by Gasteiger charge is -2.19. The highest BCUT2D eigenvalue weighted by Crippen LogP contribution is 2.18. The SMILES string of the molecule is CCOC(=O)CC(=S)N(C)c1ccc(Cl)cc1. The van der Waals surface area contributed by atoms with Gasteiger partial charge < -0.3 is 9.64 Å². The minimum Gasteiger partial charge on any atom is -0.466 e. The molecule has 3 nitrogen and oxygen atoms in total. The summed E-state index contributed by atoms with van der Waals surface area (Å²) in [6, 6.07) is 7.25. The lowest BCUT2D eigenvalue weighted by atomic mass is 10.3. The molecule has 5 heteroatoms. The number of rotatable bonds is 4. The lowest BCUT2D eigenvalue weighted by molar-refractivity contribution is -0.141. The van der Waals surface area contributed by atoms with Crippen LogP contribution < -0.4 is 4.90 Å². The van der Waals surface area contributed by atoms with E-state index in [-0.39, 0.29) is 12.4 Å². The third-order valence-corrected chi connectivity index (χ3v) is 2.86. The van der Waals surface area contributed by atoms with Gasteiger partial charge in [0.1, 0.15) is 0 Å². The van der Waals surface area contributed by atoms with Crippen molar-refractivity contribution in [2.24, 2.45) is 0 Å². The fourth-order valence-electron chi connectivity index (χ4n) is 1.26. The van der Waals surface area contributed by atoms with Crippen molar-refractivity contribution < 1.29 is 9.53 Å². The first-order chi connectivity index (χ1) is 8.04. The van der Waals surface area contributed by atoms with E-state index in [9.17, 15) is 4.79 Å². The standard InChI is InChI=1S/C12H14ClNO2S/c1-3-16-12(15)8-11(17)14(2)10-6-4-9(13)5-7-10/h4-7H,3,8H2,1-2H3. The van der Waals surface area contributed by atoms with E-state index in [1.54, 1.807) is 24.0 Å². The van der Waals surface area contributed by atoms with Crippen LogP contribution in [0, 0.1) is 0 Å². The Labute approximate surface area is 111 Å². The average molecular weight is 272 g/mol. The summed E-state index contributed by atoms with van der Waals surface area (Å²) in [5, 5.41) is 0.665. The van der Waals surface area contributed by atoms with Crippen molar-refractivity contribution in [1.29, 1.82) is 0 Å². The second kappa shape index (κ2) is 6.57. The first-order valence-electron chi connectivity index (χ1n) is 5.22. The molecule has 0 bridgehead atoms. The third kappa shape index (κ3) is 4.32. The van der Waals surface area contributed by atoms with Gasteiger partial charge in [0.15, 0.2) is 0 Å². The molecule has 92 valence electrons. The Morgan fingerprint density at radius 2 is 2.00 bits per heavy atom. The minimum atomic E-state index is -0.307. The predicted molar refractivity (Wildman–Crippen MR) is 73.7 cm³/mol. The summed E-state index contributed by atoms with van der Waals surface area (Å²) in [7, 11) is 1.81. The number of benzene rings is 1. The zero-order valence-electron chi connectivity index (χ0n) is 9.77. The monoisotopic (exact) mass is 271 g/mol. The van der Waals surface area contributed by atoms with Crippen LogP contribution in [0.5, 0.6) is 0 Å². The molecule has 0 aliphatic heterocycles. The van der Waals surface area contributed by atoms with Crippen molar-refractivity contribution in [1.82, 2.24) is 0 Å². The van der Waals surface area contributed by atoms with Crippen LogP contribution in [0.4, 0.5) is 5.69 Å². The number of esters is 1. The molecule has 0 aliphatic carbocycles. The molecule has 0 spiro atoms. The predicted octanol–water partition coefficient (Wildman–Crippen LogP) is 3.06. The smallest absolute Gasteiger partial charge is 0.312 e. The van der Waals surface area contributed by atoms with E-state index in [0.29, 0.717) is 16.6 Å². The Morgan fingerprint density at radius 3 is 2.53 bits per heavy atom. The molecule has 0 unspecified atom stereocenters. The number of hydrogen-bond donors (Lipinski definition) is 0. The molecule has 0 heterocycles. The molecule has 1 rings (SSSR count). The summed E-state index contributed by atoms with van der Waals surface area (Å²) in [6.45, 7) is 2.13. The number of ether oxygens (including phenoxy) is 1. The van der Waals surface area contributed by atoms with Gasteiger partial charge in [0.2, 0.25) is 0 Å². The fourth-order valence-corrected chi connectivity index (χ4v) is 1.61. The van der Waals surface area contributed by atoms with Gasteiger partial charge in [-0.1, -0.05) is 23.8 Å². The molecule has 0 aliphatic rings. The van der Waals surface area contributed by atoms with Gasteiger partial charge in [-0.15, -0.1) is 0 Å². The quantitative estimate of drug-likeness (QED) is 0.622. The Balaban J connectivity index is 2.63. The third-order valence-electron chi connectivity index (χ3n) is 2.19. The maximum Gasteiger partial charge on any atom is 0.312 e. The van der Waals surface area contributed by atoms with E-state index < -0.39 is 0 Å². The maximum atomic E-state index is 11.3. The summed E-state index contributed by atoms with van der Waals surface area (Å²) < 4.78 is 4.84. The summed E-state index contributed by atoms with van der Waals surface area (Å²) in [5.74, 6) is -0.307. The molecule has 0 radical (unpaired) electrons. The second-order valence-corrected chi connectivity index (χ2v) is 4.32. The highest BCUT2D eigenvalue weighted by molar-refractivity contribution is 7.80. The van der Waals surface area contributed by atoms with E-state index in [0.717, 1.165) is 5.69 Å². The van der Waals surface area contributed by atoms with Crippen molar-refractivity contribution in [3.63, 3.8) is 0 Å². The summed E-state index contributed by atoms with van der Waals surface area (Å²) in [5.41, 5.74) is 0.892. The Kier molecular flexibility index (Phi) is 5.38. The van der Waals surface area contributed by atoms with Crippen LogP contribution in [0.25, 0.3) is 0 Å². The van der Waals surface area contributed by atoms with E-state index >= 15 is 0 Å². The van der Waals surface area contributed by atoms with Crippen LogP contribution >= 0.6 is 23.8 Å². The van der Waals surface area contributed by atoms with Crippen molar-refractivity contribution in [2.45, 2.75) is 13.3 Å².